The third kappa shape index (κ3) is 2.17. The lowest BCUT2D eigenvalue weighted by Crippen LogP contribution is -2.32. The number of ether oxygens (including phenoxy) is 2. The number of fused-ring (bicyclic) bond motifs is 3. The minimum absolute atomic E-state index is 0.0385. The monoisotopic (exact) mass is 182 g/mol. The first-order valence-corrected chi connectivity index (χ1v) is 4.79. The molecule has 0 aromatic carbocycles. The molecule has 0 amide bonds. The van der Waals surface area contributed by atoms with Gasteiger partial charge in [0.1, 0.15) is 0 Å². The van der Waals surface area contributed by atoms with Crippen LogP contribution in [0.1, 0.15) is 19.3 Å². The van der Waals surface area contributed by atoms with Crippen LogP contribution < -0.4 is 0 Å². The normalized spacial score (nSPS) is 37.4. The van der Waals surface area contributed by atoms with E-state index in [1.54, 1.807) is 0 Å². The second kappa shape index (κ2) is 4.03. The number of hydrogen-bond donors (Lipinski definition) is 0. The maximum Gasteiger partial charge on any atom is 0.218 e. The largest absolute Gasteiger partial charge is 0.346 e. The van der Waals surface area contributed by atoms with Crippen LogP contribution in [-0.2, 0) is 14.3 Å². The van der Waals surface area contributed by atoms with Crippen molar-refractivity contribution in [2.75, 3.05) is 13.2 Å². The van der Waals surface area contributed by atoms with E-state index in [1.165, 1.54) is 0 Å². The highest BCUT2D eigenvalue weighted by atomic mass is 16.7. The zero-order chi connectivity index (χ0) is 9.10. The molecule has 0 aliphatic carbocycles. The molecule has 13 heavy (non-hydrogen) atoms. The second-order valence-electron chi connectivity index (χ2n) is 3.54. The van der Waals surface area contributed by atoms with Crippen molar-refractivity contribution in [2.45, 2.75) is 25.6 Å². The molecular weight excluding hydrogens is 168 g/mol. The SMILES string of the molecule is O=C1C/C=C\C2CCCOC1OC2. The van der Waals surface area contributed by atoms with Crippen molar-refractivity contribution in [3.05, 3.63) is 12.2 Å². The number of hydrogen-bond acceptors (Lipinski definition) is 3. The third-order valence-corrected chi connectivity index (χ3v) is 2.44. The van der Waals surface area contributed by atoms with Crippen molar-refractivity contribution >= 4 is 5.78 Å². The van der Waals surface area contributed by atoms with Crippen LogP contribution >= 0.6 is 0 Å². The van der Waals surface area contributed by atoms with Crippen LogP contribution in [0.4, 0.5) is 0 Å². The van der Waals surface area contributed by atoms with E-state index in [2.05, 4.69) is 6.08 Å². The Morgan fingerprint density at radius 1 is 1.38 bits per heavy atom. The molecule has 2 aliphatic heterocycles. The molecule has 0 N–H and O–H groups in total. The van der Waals surface area contributed by atoms with Crippen molar-refractivity contribution in [1.82, 2.24) is 0 Å². The molecule has 72 valence electrons. The van der Waals surface area contributed by atoms with E-state index in [1.807, 2.05) is 6.08 Å². The van der Waals surface area contributed by atoms with Gasteiger partial charge in [-0.15, -0.1) is 0 Å². The summed E-state index contributed by atoms with van der Waals surface area (Å²) in [6, 6.07) is 0. The van der Waals surface area contributed by atoms with Crippen molar-refractivity contribution in [1.29, 1.82) is 0 Å². The van der Waals surface area contributed by atoms with Crippen molar-refractivity contribution in [3.8, 4) is 0 Å². The molecule has 0 radical (unpaired) electrons. The zero-order valence-electron chi connectivity index (χ0n) is 7.57. The minimum atomic E-state index is -0.604. The molecule has 1 fully saturated rings. The number of rotatable bonds is 0. The van der Waals surface area contributed by atoms with E-state index in [9.17, 15) is 4.79 Å². The molecule has 3 heteroatoms. The fraction of sp³-hybridized carbons (Fsp3) is 0.700. The Kier molecular flexibility index (Phi) is 2.76. The Balaban J connectivity index is 2.12. The Hall–Kier alpha value is -0.670. The van der Waals surface area contributed by atoms with Gasteiger partial charge in [0.05, 0.1) is 13.2 Å². The van der Waals surface area contributed by atoms with Gasteiger partial charge in [0.2, 0.25) is 6.29 Å². The van der Waals surface area contributed by atoms with Gasteiger partial charge in [-0.1, -0.05) is 12.2 Å². The molecule has 1 saturated heterocycles. The minimum Gasteiger partial charge on any atom is -0.346 e. The molecule has 2 atom stereocenters. The van der Waals surface area contributed by atoms with Gasteiger partial charge < -0.3 is 9.47 Å². The molecular formula is C10H14O3. The zero-order valence-corrected chi connectivity index (χ0v) is 7.57. The van der Waals surface area contributed by atoms with Crippen LogP contribution in [0.3, 0.4) is 0 Å². The number of allylic oxidation sites excluding steroid dienone is 1. The van der Waals surface area contributed by atoms with E-state index in [0.717, 1.165) is 12.8 Å². The van der Waals surface area contributed by atoms with Gasteiger partial charge in [-0.2, -0.15) is 0 Å². The molecule has 0 aromatic rings. The van der Waals surface area contributed by atoms with Crippen molar-refractivity contribution in [2.24, 2.45) is 5.92 Å². The second-order valence-corrected chi connectivity index (χ2v) is 3.54. The highest BCUT2D eigenvalue weighted by molar-refractivity contribution is 5.83. The summed E-state index contributed by atoms with van der Waals surface area (Å²) in [7, 11) is 0. The highest BCUT2D eigenvalue weighted by Gasteiger charge is 2.24. The van der Waals surface area contributed by atoms with Crippen LogP contribution in [0.5, 0.6) is 0 Å². The molecule has 2 aliphatic rings. The Bertz CT molecular complexity index is 222. The molecule has 3 nitrogen and oxygen atoms in total. The van der Waals surface area contributed by atoms with Crippen LogP contribution in [-0.4, -0.2) is 25.3 Å². The lowest BCUT2D eigenvalue weighted by atomic mass is 10.0. The average molecular weight is 182 g/mol. The Morgan fingerprint density at radius 2 is 2.31 bits per heavy atom. The maximum atomic E-state index is 11.4. The smallest absolute Gasteiger partial charge is 0.218 e. The predicted molar refractivity (Wildman–Crippen MR) is 47.2 cm³/mol. The van der Waals surface area contributed by atoms with Gasteiger partial charge >= 0.3 is 0 Å². The number of carbonyl (C=O) groups excluding carboxylic acids is 1. The van der Waals surface area contributed by atoms with Crippen LogP contribution in [0.25, 0.3) is 0 Å². The van der Waals surface area contributed by atoms with Crippen LogP contribution in [0.15, 0.2) is 12.2 Å². The van der Waals surface area contributed by atoms with Gasteiger partial charge in [0.25, 0.3) is 0 Å². The Morgan fingerprint density at radius 3 is 3.23 bits per heavy atom. The molecule has 2 heterocycles. The van der Waals surface area contributed by atoms with Gasteiger partial charge in [-0.05, 0) is 12.8 Å². The number of carbonyl (C=O) groups is 1. The highest BCUT2D eigenvalue weighted by Crippen LogP contribution is 2.18. The molecule has 0 aromatic heterocycles. The summed E-state index contributed by atoms with van der Waals surface area (Å²) in [6.45, 7) is 1.26. The summed E-state index contributed by atoms with van der Waals surface area (Å²) in [6.07, 6.45) is 5.99. The van der Waals surface area contributed by atoms with Crippen molar-refractivity contribution < 1.29 is 14.3 Å². The fourth-order valence-corrected chi connectivity index (χ4v) is 1.69. The third-order valence-electron chi connectivity index (χ3n) is 2.44. The van der Waals surface area contributed by atoms with Crippen molar-refractivity contribution in [3.63, 3.8) is 0 Å². The number of Topliss-reactive ketones (excluding diaryl/α,β-unsaturated/α-hetero) is 1. The quantitative estimate of drug-likeness (QED) is 0.529. The lowest BCUT2D eigenvalue weighted by Gasteiger charge is -2.25. The predicted octanol–water partition coefficient (Wildman–Crippen LogP) is 1.28. The van der Waals surface area contributed by atoms with E-state index >= 15 is 0 Å². The first kappa shape index (κ1) is 8.91. The van der Waals surface area contributed by atoms with E-state index < -0.39 is 6.29 Å². The fourth-order valence-electron chi connectivity index (χ4n) is 1.69. The van der Waals surface area contributed by atoms with Gasteiger partial charge in [-0.3, -0.25) is 4.79 Å². The first-order chi connectivity index (χ1) is 6.36. The lowest BCUT2D eigenvalue weighted by molar-refractivity contribution is -0.177. The molecule has 2 unspecified atom stereocenters. The molecule has 2 bridgehead atoms. The van der Waals surface area contributed by atoms with Crippen LogP contribution in [0, 0.1) is 5.92 Å². The summed E-state index contributed by atoms with van der Waals surface area (Å²) in [5.74, 6) is 0.510. The van der Waals surface area contributed by atoms with E-state index in [4.69, 9.17) is 9.47 Å². The number of ketones is 1. The summed E-state index contributed by atoms with van der Waals surface area (Å²) in [4.78, 5) is 11.4. The topological polar surface area (TPSA) is 35.5 Å². The van der Waals surface area contributed by atoms with E-state index in [-0.39, 0.29) is 5.78 Å². The molecule has 2 rings (SSSR count). The van der Waals surface area contributed by atoms with E-state index in [0.29, 0.717) is 25.6 Å². The molecule has 0 saturated carbocycles. The standard InChI is InChI=1S/C10H14O3/c11-9-5-1-3-8-4-2-6-12-10(9)13-7-8/h1,3,8,10H,2,4-7H2/b3-1-. The first-order valence-electron chi connectivity index (χ1n) is 4.79. The summed E-state index contributed by atoms with van der Waals surface area (Å²) in [5, 5.41) is 0. The summed E-state index contributed by atoms with van der Waals surface area (Å²) in [5.41, 5.74) is 0. The molecule has 0 spiro atoms. The maximum absolute atomic E-state index is 11.4. The van der Waals surface area contributed by atoms with Gasteiger partial charge in [0, 0.05) is 12.3 Å². The Labute approximate surface area is 77.7 Å². The summed E-state index contributed by atoms with van der Waals surface area (Å²) < 4.78 is 10.7. The van der Waals surface area contributed by atoms with Crippen LogP contribution in [0.2, 0.25) is 0 Å². The summed E-state index contributed by atoms with van der Waals surface area (Å²) >= 11 is 0. The average Bonchev–Trinajstić information content (AvgIpc) is 2.07. The van der Waals surface area contributed by atoms with Gasteiger partial charge in [-0.25, -0.2) is 0 Å². The van der Waals surface area contributed by atoms with Gasteiger partial charge in [0.15, 0.2) is 5.78 Å².